The Bertz CT molecular complexity index is 640. The molecule has 0 aliphatic rings. The van der Waals surface area contributed by atoms with Gasteiger partial charge in [-0.25, -0.2) is 4.79 Å². The van der Waals surface area contributed by atoms with E-state index in [2.05, 4.69) is 31.2 Å². The Labute approximate surface area is 134 Å². The predicted molar refractivity (Wildman–Crippen MR) is 80.2 cm³/mol. The van der Waals surface area contributed by atoms with Crippen molar-refractivity contribution in [3.63, 3.8) is 0 Å². The van der Waals surface area contributed by atoms with E-state index in [1.54, 1.807) is 6.92 Å². The maximum absolute atomic E-state index is 11.4. The van der Waals surface area contributed by atoms with Gasteiger partial charge < -0.3 is 9.15 Å². The van der Waals surface area contributed by atoms with Gasteiger partial charge in [-0.15, -0.1) is 5.10 Å². The van der Waals surface area contributed by atoms with E-state index in [-0.39, 0.29) is 12.5 Å². The molecule has 2 heterocycles. The molecule has 0 bridgehead atoms. The quantitative estimate of drug-likeness (QED) is 0.567. The number of halogens is 1. The first-order valence-corrected chi connectivity index (χ1v) is 8.19. The monoisotopic (exact) mass is 374 g/mol. The molecular weight excluding hydrogens is 360 g/mol. The lowest BCUT2D eigenvalue weighted by Gasteiger charge is -2.03. The highest BCUT2D eigenvalue weighted by atomic mass is 79.9. The van der Waals surface area contributed by atoms with E-state index in [0.29, 0.717) is 11.0 Å². The van der Waals surface area contributed by atoms with Crippen LogP contribution in [-0.4, -0.2) is 32.6 Å². The zero-order chi connectivity index (χ0) is 15.4. The average molecular weight is 375 g/mol. The number of nitrogens with zero attached hydrogens (tertiary/aromatic N) is 4. The van der Waals surface area contributed by atoms with Crippen molar-refractivity contribution in [2.24, 2.45) is 0 Å². The summed E-state index contributed by atoms with van der Waals surface area (Å²) in [7, 11) is 0. The average Bonchev–Trinajstić information content (AvgIpc) is 3.04. The normalized spacial score (nSPS) is 10.9. The molecule has 21 heavy (non-hydrogen) atoms. The van der Waals surface area contributed by atoms with Crippen LogP contribution in [0, 0.1) is 6.92 Å². The van der Waals surface area contributed by atoms with Crippen molar-refractivity contribution in [2.45, 2.75) is 38.3 Å². The second-order valence-corrected chi connectivity index (χ2v) is 5.76. The van der Waals surface area contributed by atoms with Gasteiger partial charge >= 0.3 is 11.9 Å². The molecule has 0 saturated carbocycles. The van der Waals surface area contributed by atoms with Crippen LogP contribution < -0.4 is 0 Å². The Balaban J connectivity index is 2.05. The number of aryl methyl sites for hydroxylation is 2. The smallest absolute Gasteiger partial charge is 0.396 e. The van der Waals surface area contributed by atoms with Crippen molar-refractivity contribution < 1.29 is 13.9 Å². The third kappa shape index (κ3) is 3.65. The van der Waals surface area contributed by atoms with Gasteiger partial charge in [0.1, 0.15) is 0 Å². The van der Waals surface area contributed by atoms with Crippen LogP contribution in [0.25, 0.3) is 0 Å². The zero-order valence-corrected chi connectivity index (χ0v) is 14.3. The Kier molecular flexibility index (Phi) is 5.40. The van der Waals surface area contributed by atoms with Crippen LogP contribution in [0.4, 0.5) is 0 Å². The number of hydrogen-bond donors (Lipinski definition) is 0. The van der Waals surface area contributed by atoms with E-state index in [1.165, 1.54) is 11.8 Å². The third-order valence-corrected chi connectivity index (χ3v) is 4.50. The first-order chi connectivity index (χ1) is 10.1. The first kappa shape index (κ1) is 16.0. The second kappa shape index (κ2) is 7.08. The maximum atomic E-state index is 11.4. The molecule has 0 radical (unpaired) electrons. The minimum Gasteiger partial charge on any atom is -0.459 e. The summed E-state index contributed by atoms with van der Waals surface area (Å²) in [6.45, 7) is 6.73. The molecule has 0 N–H and O–H groups in total. The van der Waals surface area contributed by atoms with Gasteiger partial charge in [-0.3, -0.25) is 4.68 Å². The summed E-state index contributed by atoms with van der Waals surface area (Å²) >= 11 is 4.87. The van der Waals surface area contributed by atoms with Crippen LogP contribution in [0.3, 0.4) is 0 Å². The van der Waals surface area contributed by atoms with Gasteiger partial charge in [0.2, 0.25) is 0 Å². The molecular formula is C12H15BrN4O3S. The summed E-state index contributed by atoms with van der Waals surface area (Å²) < 4.78 is 12.9. The van der Waals surface area contributed by atoms with Crippen molar-refractivity contribution in [3.05, 3.63) is 21.8 Å². The number of carbonyl (C=O) groups excluding carboxylic acids is 1. The van der Waals surface area contributed by atoms with Gasteiger partial charge in [0.05, 0.1) is 22.5 Å². The standard InChI is InChI=1S/C12H15BrN4O3S/c1-4-17-8(9(13)7(3)16-17)6-21-12-15-14-10(20-12)11(18)19-5-2/h4-6H2,1-3H3. The molecule has 7 nitrogen and oxygen atoms in total. The number of thioether (sulfide) groups is 1. The van der Waals surface area contributed by atoms with Gasteiger partial charge in [-0.2, -0.15) is 5.10 Å². The van der Waals surface area contributed by atoms with Crippen LogP contribution in [-0.2, 0) is 17.0 Å². The molecule has 0 amide bonds. The van der Waals surface area contributed by atoms with Crippen molar-refractivity contribution in [1.29, 1.82) is 0 Å². The fraction of sp³-hybridized carbons (Fsp3) is 0.500. The Morgan fingerprint density at radius 2 is 2.19 bits per heavy atom. The molecule has 0 aliphatic carbocycles. The predicted octanol–water partition coefficient (Wildman–Crippen LogP) is 2.83. The molecule has 0 unspecified atom stereocenters. The number of hydrogen-bond acceptors (Lipinski definition) is 7. The number of esters is 1. The Morgan fingerprint density at radius 3 is 2.86 bits per heavy atom. The van der Waals surface area contributed by atoms with Gasteiger partial charge in [0, 0.05) is 12.3 Å². The third-order valence-electron chi connectivity index (χ3n) is 2.64. The summed E-state index contributed by atoms with van der Waals surface area (Å²) in [6, 6.07) is 0. The number of ether oxygens (including phenoxy) is 1. The van der Waals surface area contributed by atoms with Crippen LogP contribution in [0.1, 0.15) is 35.9 Å². The molecule has 2 rings (SSSR count). The second-order valence-electron chi connectivity index (χ2n) is 4.04. The lowest BCUT2D eigenvalue weighted by Crippen LogP contribution is -2.04. The molecule has 0 fully saturated rings. The maximum Gasteiger partial charge on any atom is 0.396 e. The molecule has 2 aromatic rings. The number of aromatic nitrogens is 4. The zero-order valence-electron chi connectivity index (χ0n) is 11.9. The molecule has 0 atom stereocenters. The van der Waals surface area contributed by atoms with E-state index in [1.807, 2.05) is 18.5 Å². The van der Waals surface area contributed by atoms with Gasteiger partial charge in [-0.1, -0.05) is 16.9 Å². The summed E-state index contributed by atoms with van der Waals surface area (Å²) in [5.41, 5.74) is 1.97. The molecule has 0 aliphatic heterocycles. The topological polar surface area (TPSA) is 83.0 Å². The van der Waals surface area contributed by atoms with Crippen LogP contribution in [0.2, 0.25) is 0 Å². The van der Waals surface area contributed by atoms with Crippen LogP contribution in [0.5, 0.6) is 0 Å². The van der Waals surface area contributed by atoms with Crippen molar-refractivity contribution in [3.8, 4) is 0 Å². The lowest BCUT2D eigenvalue weighted by atomic mass is 10.4. The van der Waals surface area contributed by atoms with Gasteiger partial charge in [0.25, 0.3) is 5.22 Å². The molecule has 0 saturated heterocycles. The van der Waals surface area contributed by atoms with Gasteiger partial charge in [0.15, 0.2) is 0 Å². The lowest BCUT2D eigenvalue weighted by molar-refractivity contribution is 0.0475. The number of rotatable bonds is 6. The van der Waals surface area contributed by atoms with E-state index in [0.717, 1.165) is 22.4 Å². The largest absolute Gasteiger partial charge is 0.459 e. The summed E-state index contributed by atoms with van der Waals surface area (Å²) in [5.74, 6) is -0.120. The van der Waals surface area contributed by atoms with Crippen molar-refractivity contribution >= 4 is 33.7 Å². The van der Waals surface area contributed by atoms with E-state index in [9.17, 15) is 4.79 Å². The summed E-state index contributed by atoms with van der Waals surface area (Å²) in [5, 5.41) is 12.2. The molecule has 0 spiro atoms. The summed E-state index contributed by atoms with van der Waals surface area (Å²) in [4.78, 5) is 11.4. The van der Waals surface area contributed by atoms with Gasteiger partial charge in [-0.05, 0) is 36.7 Å². The molecule has 2 aromatic heterocycles. The van der Waals surface area contributed by atoms with E-state index in [4.69, 9.17) is 9.15 Å². The molecule has 9 heteroatoms. The van der Waals surface area contributed by atoms with Crippen LogP contribution >= 0.6 is 27.7 Å². The highest BCUT2D eigenvalue weighted by molar-refractivity contribution is 9.10. The fourth-order valence-electron chi connectivity index (χ4n) is 1.68. The Morgan fingerprint density at radius 1 is 1.43 bits per heavy atom. The first-order valence-electron chi connectivity index (χ1n) is 6.42. The highest BCUT2D eigenvalue weighted by Crippen LogP contribution is 2.28. The summed E-state index contributed by atoms with van der Waals surface area (Å²) in [6.07, 6.45) is 0. The van der Waals surface area contributed by atoms with E-state index < -0.39 is 5.97 Å². The minimum atomic E-state index is -0.604. The Hall–Kier alpha value is -1.35. The van der Waals surface area contributed by atoms with Crippen molar-refractivity contribution in [2.75, 3.05) is 6.61 Å². The van der Waals surface area contributed by atoms with Crippen molar-refractivity contribution in [1.82, 2.24) is 20.0 Å². The highest BCUT2D eigenvalue weighted by Gasteiger charge is 2.18. The molecule has 114 valence electrons. The molecule has 0 aromatic carbocycles. The van der Waals surface area contributed by atoms with E-state index >= 15 is 0 Å². The SMILES string of the molecule is CCOC(=O)c1nnc(SCc2c(Br)c(C)nn2CC)o1. The number of carbonyl (C=O) groups is 1. The fourth-order valence-corrected chi connectivity index (χ4v) is 3.08. The van der Waals surface area contributed by atoms with Crippen LogP contribution in [0.15, 0.2) is 14.1 Å². The minimum absolute atomic E-state index is 0.126.